The van der Waals surface area contributed by atoms with E-state index in [9.17, 15) is 5.26 Å². The molecule has 2 aromatic carbocycles. The molecule has 0 spiro atoms. The molecule has 0 radical (unpaired) electrons. The molecular weight excluding hydrogens is 254 g/mol. The van der Waals surface area contributed by atoms with Gasteiger partial charge in [0.25, 0.3) is 0 Å². The second kappa shape index (κ2) is 4.72. The second-order valence-corrected chi connectivity index (χ2v) is 5.50. The Bertz CT molecular complexity index is 629. The van der Waals surface area contributed by atoms with Crippen molar-refractivity contribution >= 4 is 11.6 Å². The third-order valence-corrected chi connectivity index (χ3v) is 4.44. The van der Waals surface area contributed by atoms with E-state index in [1.54, 1.807) is 0 Å². The molecule has 2 atom stereocenters. The molecule has 0 bridgehead atoms. The largest absolute Gasteiger partial charge is 0.197 e. The Morgan fingerprint density at radius 2 is 1.74 bits per heavy atom. The van der Waals surface area contributed by atoms with Crippen LogP contribution in [0.25, 0.3) is 0 Å². The number of fused-ring (bicyclic) bond motifs is 1. The summed E-state index contributed by atoms with van der Waals surface area (Å²) < 4.78 is 0. The number of halogens is 1. The van der Waals surface area contributed by atoms with Crippen LogP contribution in [-0.2, 0) is 5.41 Å². The average Bonchev–Trinajstić information content (AvgIpc) is 2.49. The summed E-state index contributed by atoms with van der Waals surface area (Å²) in [7, 11) is 0. The van der Waals surface area contributed by atoms with Crippen molar-refractivity contribution in [2.24, 2.45) is 0 Å². The zero-order valence-electron chi connectivity index (χ0n) is 10.5. The minimum Gasteiger partial charge on any atom is -0.197 e. The predicted octanol–water partition coefficient (Wildman–Crippen LogP) is 4.57. The van der Waals surface area contributed by atoms with Gasteiger partial charge in [0.05, 0.1) is 11.4 Å². The van der Waals surface area contributed by atoms with E-state index >= 15 is 0 Å². The normalized spacial score (nSPS) is 25.4. The average molecular weight is 268 g/mol. The fourth-order valence-corrected chi connectivity index (χ4v) is 3.29. The zero-order valence-corrected chi connectivity index (χ0v) is 11.3. The molecule has 0 unspecified atom stereocenters. The van der Waals surface area contributed by atoms with Crippen LogP contribution in [0.2, 0.25) is 0 Å². The van der Waals surface area contributed by atoms with Crippen LogP contribution < -0.4 is 0 Å². The highest BCUT2D eigenvalue weighted by Crippen LogP contribution is 2.47. The Hall–Kier alpha value is -1.78. The van der Waals surface area contributed by atoms with E-state index in [1.807, 2.05) is 54.6 Å². The number of alkyl halides is 1. The van der Waals surface area contributed by atoms with Gasteiger partial charge in [-0.15, -0.1) is 11.6 Å². The van der Waals surface area contributed by atoms with Crippen LogP contribution >= 0.6 is 11.6 Å². The number of rotatable bonds is 1. The van der Waals surface area contributed by atoms with Crippen molar-refractivity contribution in [2.45, 2.75) is 23.6 Å². The molecule has 0 saturated heterocycles. The third kappa shape index (κ3) is 1.84. The smallest absolute Gasteiger partial charge is 0.107 e. The van der Waals surface area contributed by atoms with Gasteiger partial charge in [0.15, 0.2) is 0 Å². The summed E-state index contributed by atoms with van der Waals surface area (Å²) in [5.74, 6) is 0. The highest BCUT2D eigenvalue weighted by atomic mass is 35.5. The van der Waals surface area contributed by atoms with Gasteiger partial charge >= 0.3 is 0 Å². The lowest BCUT2D eigenvalue weighted by Crippen LogP contribution is -2.31. The van der Waals surface area contributed by atoms with Gasteiger partial charge in [-0.3, -0.25) is 0 Å². The van der Waals surface area contributed by atoms with Crippen molar-refractivity contribution in [1.29, 1.82) is 5.26 Å². The highest BCUT2D eigenvalue weighted by molar-refractivity contribution is 6.21. The molecule has 19 heavy (non-hydrogen) atoms. The monoisotopic (exact) mass is 267 g/mol. The van der Waals surface area contributed by atoms with Gasteiger partial charge in [-0.2, -0.15) is 5.26 Å². The molecule has 3 rings (SSSR count). The molecule has 1 nitrogen and oxygen atoms in total. The number of hydrogen-bond acceptors (Lipinski definition) is 1. The number of nitrogens with zero attached hydrogens (tertiary/aromatic N) is 1. The van der Waals surface area contributed by atoms with E-state index < -0.39 is 5.41 Å². The first-order valence-corrected chi connectivity index (χ1v) is 6.92. The zero-order chi connectivity index (χ0) is 13.3. The summed E-state index contributed by atoms with van der Waals surface area (Å²) in [6.45, 7) is 0. The molecule has 1 aliphatic rings. The summed E-state index contributed by atoms with van der Waals surface area (Å²) in [4.78, 5) is 0. The Balaban J connectivity index is 2.25. The number of nitriles is 1. The molecular formula is C17H14ClN. The van der Waals surface area contributed by atoms with E-state index in [0.717, 1.165) is 29.5 Å². The van der Waals surface area contributed by atoms with Crippen molar-refractivity contribution in [3.63, 3.8) is 0 Å². The van der Waals surface area contributed by atoms with E-state index in [-0.39, 0.29) is 5.38 Å². The van der Waals surface area contributed by atoms with E-state index in [2.05, 4.69) is 6.07 Å². The minimum absolute atomic E-state index is 0.0152. The van der Waals surface area contributed by atoms with Gasteiger partial charge in [-0.25, -0.2) is 0 Å². The first-order valence-electron chi connectivity index (χ1n) is 6.48. The molecule has 2 heteroatoms. The standard InChI is InChI=1S/C17H14ClN/c18-16-10-11-17(12-19,13-6-2-1-3-7-13)15-9-5-4-8-14(15)16/h1-9,16H,10-11H2/t16-,17+/m1/s1. The van der Waals surface area contributed by atoms with Gasteiger partial charge in [0.2, 0.25) is 0 Å². The quantitative estimate of drug-likeness (QED) is 0.695. The minimum atomic E-state index is -0.552. The van der Waals surface area contributed by atoms with Gasteiger partial charge in [-0.05, 0) is 29.5 Å². The summed E-state index contributed by atoms with van der Waals surface area (Å²) >= 11 is 6.41. The van der Waals surface area contributed by atoms with Gasteiger partial charge in [0, 0.05) is 0 Å². The van der Waals surface area contributed by atoms with Crippen LogP contribution in [0.4, 0.5) is 0 Å². The van der Waals surface area contributed by atoms with Crippen molar-refractivity contribution < 1.29 is 0 Å². The predicted molar refractivity (Wildman–Crippen MR) is 77.1 cm³/mol. The van der Waals surface area contributed by atoms with Gasteiger partial charge in [0.1, 0.15) is 5.41 Å². The maximum Gasteiger partial charge on any atom is 0.107 e. The van der Waals surface area contributed by atoms with Crippen LogP contribution in [0.1, 0.15) is 34.9 Å². The summed E-state index contributed by atoms with van der Waals surface area (Å²) in [6.07, 6.45) is 1.61. The molecule has 0 fully saturated rings. The Kier molecular flexibility index (Phi) is 3.05. The first-order chi connectivity index (χ1) is 9.28. The first kappa shape index (κ1) is 12.3. The summed E-state index contributed by atoms with van der Waals surface area (Å²) in [6, 6.07) is 20.7. The lowest BCUT2D eigenvalue weighted by Gasteiger charge is -2.35. The Morgan fingerprint density at radius 3 is 2.47 bits per heavy atom. The molecule has 1 aliphatic carbocycles. The molecule has 0 amide bonds. The van der Waals surface area contributed by atoms with Crippen molar-refractivity contribution in [2.75, 3.05) is 0 Å². The summed E-state index contributed by atoms with van der Waals surface area (Å²) in [5, 5.41) is 9.85. The van der Waals surface area contributed by atoms with Crippen molar-refractivity contribution in [1.82, 2.24) is 0 Å². The highest BCUT2D eigenvalue weighted by Gasteiger charge is 2.40. The van der Waals surface area contributed by atoms with Gasteiger partial charge in [-0.1, -0.05) is 54.6 Å². The van der Waals surface area contributed by atoms with Crippen LogP contribution in [0, 0.1) is 11.3 Å². The van der Waals surface area contributed by atoms with Gasteiger partial charge < -0.3 is 0 Å². The molecule has 0 heterocycles. The Labute approximate surface area is 118 Å². The van der Waals surface area contributed by atoms with Crippen molar-refractivity contribution in [3.05, 3.63) is 71.3 Å². The summed E-state index contributed by atoms with van der Waals surface area (Å²) in [5.41, 5.74) is 2.67. The van der Waals surface area contributed by atoms with Crippen LogP contribution in [0.5, 0.6) is 0 Å². The topological polar surface area (TPSA) is 23.8 Å². The fraction of sp³-hybridized carbons (Fsp3) is 0.235. The van der Waals surface area contributed by atoms with E-state index in [0.29, 0.717) is 0 Å². The molecule has 0 aromatic heterocycles. The van der Waals surface area contributed by atoms with Crippen LogP contribution in [0.15, 0.2) is 54.6 Å². The Morgan fingerprint density at radius 1 is 1.05 bits per heavy atom. The number of benzene rings is 2. The van der Waals surface area contributed by atoms with E-state index in [1.165, 1.54) is 0 Å². The maximum atomic E-state index is 9.83. The lowest BCUT2D eigenvalue weighted by molar-refractivity contribution is 0.515. The molecule has 0 saturated carbocycles. The van der Waals surface area contributed by atoms with Crippen LogP contribution in [0.3, 0.4) is 0 Å². The fourth-order valence-electron chi connectivity index (χ4n) is 3.00. The second-order valence-electron chi connectivity index (χ2n) is 4.98. The van der Waals surface area contributed by atoms with Crippen LogP contribution in [-0.4, -0.2) is 0 Å². The maximum absolute atomic E-state index is 9.83. The molecule has 0 N–H and O–H groups in total. The molecule has 0 aliphatic heterocycles. The SMILES string of the molecule is N#C[C@]1(c2ccccc2)CC[C@@H](Cl)c2ccccc21. The lowest BCUT2D eigenvalue weighted by atomic mass is 9.67. The molecule has 94 valence electrons. The number of hydrogen-bond donors (Lipinski definition) is 0. The van der Waals surface area contributed by atoms with E-state index in [4.69, 9.17) is 11.6 Å². The van der Waals surface area contributed by atoms with Crippen molar-refractivity contribution in [3.8, 4) is 6.07 Å². The third-order valence-electron chi connectivity index (χ3n) is 3.99. The molecule has 2 aromatic rings.